The lowest BCUT2D eigenvalue weighted by Crippen LogP contribution is -2.46. The molecule has 9 nitrogen and oxygen atoms in total. The van der Waals surface area contributed by atoms with Crippen LogP contribution in [-0.4, -0.2) is 68.3 Å². The molecule has 1 fully saturated rings. The van der Waals surface area contributed by atoms with Crippen molar-refractivity contribution in [1.29, 1.82) is 0 Å². The molecule has 1 N–H and O–H groups in total. The fraction of sp³-hybridized carbons (Fsp3) is 0.379. The number of nitrogens with one attached hydrogen (secondary N) is 1. The van der Waals surface area contributed by atoms with E-state index < -0.39 is 17.6 Å². The van der Waals surface area contributed by atoms with Gasteiger partial charge in [-0.15, -0.1) is 5.10 Å². The van der Waals surface area contributed by atoms with Gasteiger partial charge in [0, 0.05) is 61.4 Å². The molecular formula is C29H33F3N8O. The minimum absolute atomic E-state index is 0.0908. The molecule has 2 aromatic heterocycles. The fourth-order valence-corrected chi connectivity index (χ4v) is 5.03. The molecule has 0 aliphatic carbocycles. The molecule has 216 valence electrons. The smallest absolute Gasteiger partial charge is 0.369 e. The monoisotopic (exact) mass is 566 g/mol. The second-order valence-corrected chi connectivity index (χ2v) is 10.4. The SMILES string of the molecule is CCCN1CCN(c2cc(NC(=O)c3ccc(C)c(-n4cc(-c5cnn(C)c5C)nn4)c3)cc(C(F)(F)F)c2)CC1. The van der Waals surface area contributed by atoms with Crippen molar-refractivity contribution in [3.8, 4) is 16.9 Å². The van der Waals surface area contributed by atoms with Gasteiger partial charge in [-0.05, 0) is 62.7 Å². The van der Waals surface area contributed by atoms with Gasteiger partial charge >= 0.3 is 6.18 Å². The summed E-state index contributed by atoms with van der Waals surface area (Å²) in [4.78, 5) is 17.5. The molecule has 2 aromatic carbocycles. The predicted octanol–water partition coefficient (Wildman–Crippen LogP) is 5.09. The number of halogens is 3. The van der Waals surface area contributed by atoms with E-state index in [0.29, 0.717) is 30.2 Å². The average molecular weight is 567 g/mol. The quantitative estimate of drug-likeness (QED) is 0.336. The van der Waals surface area contributed by atoms with Gasteiger partial charge in [0.1, 0.15) is 5.69 Å². The van der Waals surface area contributed by atoms with Crippen LogP contribution >= 0.6 is 0 Å². The van der Waals surface area contributed by atoms with Crippen molar-refractivity contribution < 1.29 is 18.0 Å². The standard InChI is InChI=1S/C29H33F3N8O/c1-5-8-38-9-11-39(12-10-38)24-15-22(29(30,31)32)14-23(16-24)34-28(41)21-7-6-19(2)27(13-21)40-18-26(35-36-40)25-17-33-37(4)20(25)3/h6-7,13-18H,5,8-12H2,1-4H3,(H,34,41). The maximum atomic E-state index is 13.8. The Labute approximate surface area is 236 Å². The van der Waals surface area contributed by atoms with E-state index >= 15 is 0 Å². The normalized spacial score (nSPS) is 14.5. The number of amides is 1. The summed E-state index contributed by atoms with van der Waals surface area (Å²) in [6, 6.07) is 8.80. The van der Waals surface area contributed by atoms with Crippen molar-refractivity contribution in [2.75, 3.05) is 42.9 Å². The number of piperazine rings is 1. The largest absolute Gasteiger partial charge is 0.416 e. The number of carbonyl (C=O) groups excluding carboxylic acids is 1. The number of aromatic nitrogens is 5. The summed E-state index contributed by atoms with van der Waals surface area (Å²) in [6.45, 7) is 9.69. The lowest BCUT2D eigenvalue weighted by Gasteiger charge is -2.36. The number of benzene rings is 2. The molecular weight excluding hydrogens is 533 g/mol. The van der Waals surface area contributed by atoms with E-state index in [0.717, 1.165) is 55.0 Å². The zero-order chi connectivity index (χ0) is 29.3. The van der Waals surface area contributed by atoms with E-state index in [2.05, 4.69) is 32.6 Å². The maximum absolute atomic E-state index is 13.8. The first-order chi connectivity index (χ1) is 19.5. The van der Waals surface area contributed by atoms with E-state index in [1.165, 1.54) is 0 Å². The molecule has 41 heavy (non-hydrogen) atoms. The van der Waals surface area contributed by atoms with Crippen LogP contribution in [0.2, 0.25) is 0 Å². The third-order valence-electron chi connectivity index (χ3n) is 7.50. The number of hydrogen-bond donors (Lipinski definition) is 1. The maximum Gasteiger partial charge on any atom is 0.416 e. The third kappa shape index (κ3) is 6.12. The number of nitrogens with zero attached hydrogens (tertiary/aromatic N) is 7. The van der Waals surface area contributed by atoms with Crippen molar-refractivity contribution in [1.82, 2.24) is 29.7 Å². The lowest BCUT2D eigenvalue weighted by atomic mass is 10.1. The first-order valence-electron chi connectivity index (χ1n) is 13.6. The second-order valence-electron chi connectivity index (χ2n) is 10.4. The molecule has 12 heteroatoms. The van der Waals surface area contributed by atoms with Crippen LogP contribution in [0.3, 0.4) is 0 Å². The Morgan fingerprint density at radius 3 is 2.46 bits per heavy atom. The summed E-state index contributed by atoms with van der Waals surface area (Å²) in [5, 5.41) is 15.4. The van der Waals surface area contributed by atoms with Crippen molar-refractivity contribution in [3.05, 3.63) is 71.2 Å². The summed E-state index contributed by atoms with van der Waals surface area (Å²) in [7, 11) is 1.84. The Hall–Kier alpha value is -4.19. The van der Waals surface area contributed by atoms with Gasteiger partial charge in [-0.2, -0.15) is 18.3 Å². The number of anilines is 2. The van der Waals surface area contributed by atoms with Crippen molar-refractivity contribution in [3.63, 3.8) is 0 Å². The van der Waals surface area contributed by atoms with E-state index in [4.69, 9.17) is 0 Å². The van der Waals surface area contributed by atoms with Gasteiger partial charge in [0.25, 0.3) is 5.91 Å². The summed E-state index contributed by atoms with van der Waals surface area (Å²) in [5.41, 5.74) is 3.92. The number of rotatable bonds is 7. The van der Waals surface area contributed by atoms with Crippen molar-refractivity contribution >= 4 is 17.3 Å². The summed E-state index contributed by atoms with van der Waals surface area (Å²) in [5.74, 6) is -0.521. The van der Waals surface area contributed by atoms with Crippen LogP contribution in [0.4, 0.5) is 24.5 Å². The number of aryl methyl sites for hydroxylation is 2. The molecule has 4 aromatic rings. The van der Waals surface area contributed by atoms with Gasteiger partial charge in [0.05, 0.1) is 23.6 Å². The minimum atomic E-state index is -4.55. The molecule has 0 atom stereocenters. The van der Waals surface area contributed by atoms with Gasteiger partial charge in [0.15, 0.2) is 0 Å². The highest BCUT2D eigenvalue weighted by atomic mass is 19.4. The van der Waals surface area contributed by atoms with Crippen LogP contribution < -0.4 is 10.2 Å². The Kier molecular flexibility index (Phi) is 7.85. The molecule has 1 aliphatic heterocycles. The highest BCUT2D eigenvalue weighted by Crippen LogP contribution is 2.35. The average Bonchev–Trinajstić information content (AvgIpc) is 3.55. The molecule has 1 aliphatic rings. The third-order valence-corrected chi connectivity index (χ3v) is 7.50. The molecule has 0 radical (unpaired) electrons. The highest BCUT2D eigenvalue weighted by Gasteiger charge is 2.32. The fourth-order valence-electron chi connectivity index (χ4n) is 5.03. The van der Waals surface area contributed by atoms with Gasteiger partial charge in [-0.1, -0.05) is 18.2 Å². The molecule has 5 rings (SSSR count). The molecule has 0 spiro atoms. The molecule has 1 amide bonds. The van der Waals surface area contributed by atoms with E-state index in [1.807, 2.05) is 25.8 Å². The Bertz CT molecular complexity index is 1550. The van der Waals surface area contributed by atoms with Crippen LogP contribution in [-0.2, 0) is 13.2 Å². The van der Waals surface area contributed by atoms with Crippen molar-refractivity contribution in [2.24, 2.45) is 7.05 Å². The summed E-state index contributed by atoms with van der Waals surface area (Å²) >= 11 is 0. The highest BCUT2D eigenvalue weighted by molar-refractivity contribution is 6.05. The van der Waals surface area contributed by atoms with Crippen LogP contribution in [0.5, 0.6) is 0 Å². The van der Waals surface area contributed by atoms with Gasteiger partial charge in [-0.3, -0.25) is 14.4 Å². The summed E-state index contributed by atoms with van der Waals surface area (Å²) < 4.78 is 44.8. The van der Waals surface area contributed by atoms with Crippen LogP contribution in [0.15, 0.2) is 48.8 Å². The Balaban J connectivity index is 1.39. The van der Waals surface area contributed by atoms with Gasteiger partial charge in [-0.25, -0.2) is 4.68 Å². The zero-order valence-corrected chi connectivity index (χ0v) is 23.5. The van der Waals surface area contributed by atoms with Crippen LogP contribution in [0.1, 0.15) is 40.5 Å². The zero-order valence-electron chi connectivity index (χ0n) is 23.5. The predicted molar refractivity (Wildman–Crippen MR) is 151 cm³/mol. The Morgan fingerprint density at radius 2 is 1.80 bits per heavy atom. The van der Waals surface area contributed by atoms with Crippen LogP contribution in [0.25, 0.3) is 16.9 Å². The van der Waals surface area contributed by atoms with Crippen molar-refractivity contribution in [2.45, 2.75) is 33.4 Å². The van der Waals surface area contributed by atoms with Gasteiger partial charge < -0.3 is 10.2 Å². The molecule has 0 bridgehead atoms. The Morgan fingerprint density at radius 1 is 1.05 bits per heavy atom. The minimum Gasteiger partial charge on any atom is -0.369 e. The first-order valence-corrected chi connectivity index (χ1v) is 13.6. The first kappa shape index (κ1) is 28.3. The van der Waals surface area contributed by atoms with E-state index in [1.54, 1.807) is 46.0 Å². The number of carbonyl (C=O) groups is 1. The lowest BCUT2D eigenvalue weighted by molar-refractivity contribution is -0.137. The molecule has 3 heterocycles. The molecule has 1 saturated heterocycles. The molecule has 0 unspecified atom stereocenters. The topological polar surface area (TPSA) is 84.1 Å². The second kappa shape index (κ2) is 11.4. The van der Waals surface area contributed by atoms with E-state index in [-0.39, 0.29) is 11.3 Å². The summed E-state index contributed by atoms with van der Waals surface area (Å²) in [6.07, 6.45) is -0.0428. The van der Waals surface area contributed by atoms with Gasteiger partial charge in [0.2, 0.25) is 0 Å². The molecule has 0 saturated carbocycles. The van der Waals surface area contributed by atoms with Crippen LogP contribution in [0, 0.1) is 13.8 Å². The number of hydrogen-bond acceptors (Lipinski definition) is 6. The number of alkyl halides is 3. The van der Waals surface area contributed by atoms with E-state index in [9.17, 15) is 18.0 Å².